The Morgan fingerprint density at radius 3 is 1.83 bits per heavy atom. The van der Waals surface area contributed by atoms with Crippen molar-refractivity contribution in [2.45, 2.75) is 32.8 Å². The molecule has 3 rings (SSSR count). The van der Waals surface area contributed by atoms with E-state index < -0.39 is 35.4 Å². The topological polar surface area (TPSA) is 55.4 Å². The minimum Gasteiger partial charge on any atom is -0.452 e. The molecule has 3 aromatic rings. The fourth-order valence-corrected chi connectivity index (χ4v) is 4.28. The van der Waals surface area contributed by atoms with E-state index in [4.69, 9.17) is 4.74 Å². The molecule has 36 heavy (non-hydrogen) atoms. The van der Waals surface area contributed by atoms with E-state index in [9.17, 15) is 22.8 Å². The second-order valence-corrected chi connectivity index (χ2v) is 8.67. The number of Topliss-reactive ketones (excluding diaryl/α,β-unsaturated/α-hetero) is 1. The third-order valence-corrected chi connectivity index (χ3v) is 6.25. The molecule has 0 amide bonds. The first-order chi connectivity index (χ1) is 17.3. The fraction of sp³-hybridized carbons (Fsp3) is 0.310. The van der Waals surface area contributed by atoms with Crippen molar-refractivity contribution in [3.63, 3.8) is 0 Å². The lowest BCUT2D eigenvalue weighted by Gasteiger charge is -2.27. The van der Waals surface area contributed by atoms with Crippen LogP contribution in [0.4, 0.5) is 13.2 Å². The lowest BCUT2D eigenvalue weighted by atomic mass is 9.87. The van der Waals surface area contributed by atoms with Gasteiger partial charge in [0.05, 0.1) is 12.5 Å². The zero-order chi connectivity index (χ0) is 26.1. The molecule has 1 N–H and O–H groups in total. The SMILES string of the molecule is CCC(CC)C(CNCC(=O)c1cccc(F)c1)C(=O)OC(c1cccc(F)c1)c1cccc(F)c1. The molecule has 0 aliphatic rings. The summed E-state index contributed by atoms with van der Waals surface area (Å²) in [4.78, 5) is 25.9. The summed E-state index contributed by atoms with van der Waals surface area (Å²) in [6.45, 7) is 4.00. The standard InChI is InChI=1S/C29H30F3NO3/c1-3-19(4-2)26(17-33-18-27(34)20-8-5-11-23(30)14-20)29(35)36-28(21-9-6-12-24(31)15-21)22-10-7-13-25(32)16-22/h5-16,19,26,28,33H,3-4,17-18H2,1-2H3. The summed E-state index contributed by atoms with van der Waals surface area (Å²) in [5, 5.41) is 3.01. The predicted octanol–water partition coefficient (Wildman–Crippen LogP) is 6.26. The van der Waals surface area contributed by atoms with Crippen LogP contribution in [0.5, 0.6) is 0 Å². The maximum atomic E-state index is 14.0. The van der Waals surface area contributed by atoms with Gasteiger partial charge in [-0.2, -0.15) is 0 Å². The number of ether oxygens (including phenoxy) is 1. The Bertz CT molecular complexity index is 1130. The minimum absolute atomic E-state index is 0.0464. The van der Waals surface area contributed by atoms with Gasteiger partial charge in [-0.25, -0.2) is 13.2 Å². The van der Waals surface area contributed by atoms with Crippen molar-refractivity contribution in [2.24, 2.45) is 11.8 Å². The number of benzene rings is 3. The third kappa shape index (κ3) is 7.28. The molecule has 0 bridgehead atoms. The van der Waals surface area contributed by atoms with Crippen molar-refractivity contribution < 1.29 is 27.5 Å². The molecular weight excluding hydrogens is 467 g/mol. The molecule has 0 saturated heterocycles. The van der Waals surface area contributed by atoms with Crippen molar-refractivity contribution in [3.8, 4) is 0 Å². The first kappa shape index (κ1) is 27.1. The van der Waals surface area contributed by atoms with Gasteiger partial charge in [-0.15, -0.1) is 0 Å². The predicted molar refractivity (Wildman–Crippen MR) is 132 cm³/mol. The summed E-state index contributed by atoms with van der Waals surface area (Å²) in [5.74, 6) is -2.99. The molecule has 0 saturated carbocycles. The molecule has 3 aromatic carbocycles. The molecule has 0 aromatic heterocycles. The van der Waals surface area contributed by atoms with Crippen LogP contribution >= 0.6 is 0 Å². The van der Waals surface area contributed by atoms with Gasteiger partial charge in [0.1, 0.15) is 17.5 Å². The zero-order valence-electron chi connectivity index (χ0n) is 20.3. The molecule has 1 unspecified atom stereocenters. The van der Waals surface area contributed by atoms with Crippen LogP contribution in [0.15, 0.2) is 72.8 Å². The van der Waals surface area contributed by atoms with Gasteiger partial charge in [-0.05, 0) is 53.4 Å². The Kier molecular flexibility index (Phi) is 9.82. The summed E-state index contributed by atoms with van der Waals surface area (Å²) in [7, 11) is 0. The number of esters is 1. The van der Waals surface area contributed by atoms with Crippen LogP contribution in [0.2, 0.25) is 0 Å². The molecule has 190 valence electrons. The van der Waals surface area contributed by atoms with Gasteiger partial charge < -0.3 is 10.1 Å². The zero-order valence-corrected chi connectivity index (χ0v) is 20.3. The Morgan fingerprint density at radius 1 is 0.806 bits per heavy atom. The normalized spacial score (nSPS) is 12.1. The highest BCUT2D eigenvalue weighted by molar-refractivity contribution is 5.97. The van der Waals surface area contributed by atoms with E-state index in [0.29, 0.717) is 24.0 Å². The summed E-state index contributed by atoms with van der Waals surface area (Å²) in [6, 6.07) is 16.7. The van der Waals surface area contributed by atoms with Crippen molar-refractivity contribution >= 4 is 11.8 Å². The number of carbonyl (C=O) groups is 2. The van der Waals surface area contributed by atoms with Crippen LogP contribution in [-0.4, -0.2) is 24.8 Å². The number of ketones is 1. The molecule has 0 radical (unpaired) electrons. The number of hydrogen-bond acceptors (Lipinski definition) is 4. The van der Waals surface area contributed by atoms with Crippen LogP contribution < -0.4 is 5.32 Å². The maximum absolute atomic E-state index is 14.0. The summed E-state index contributed by atoms with van der Waals surface area (Å²) in [6.07, 6.45) is 0.385. The van der Waals surface area contributed by atoms with E-state index in [1.807, 2.05) is 13.8 Å². The molecule has 1 atom stereocenters. The van der Waals surface area contributed by atoms with Gasteiger partial charge in [0.15, 0.2) is 11.9 Å². The average molecular weight is 498 g/mol. The first-order valence-corrected chi connectivity index (χ1v) is 12.0. The molecule has 0 fully saturated rings. The fourth-order valence-electron chi connectivity index (χ4n) is 4.28. The quantitative estimate of drug-likeness (QED) is 0.237. The van der Waals surface area contributed by atoms with E-state index in [1.165, 1.54) is 60.7 Å². The van der Waals surface area contributed by atoms with Gasteiger partial charge in [0, 0.05) is 12.1 Å². The highest BCUT2D eigenvalue weighted by Crippen LogP contribution is 2.30. The Balaban J connectivity index is 1.79. The van der Waals surface area contributed by atoms with Crippen LogP contribution in [0.3, 0.4) is 0 Å². The van der Waals surface area contributed by atoms with E-state index in [0.717, 1.165) is 0 Å². The molecule has 0 aliphatic heterocycles. The number of rotatable bonds is 12. The third-order valence-electron chi connectivity index (χ3n) is 6.25. The molecule has 0 spiro atoms. The second-order valence-electron chi connectivity index (χ2n) is 8.67. The van der Waals surface area contributed by atoms with Crippen molar-refractivity contribution in [3.05, 3.63) is 107 Å². The van der Waals surface area contributed by atoms with Crippen molar-refractivity contribution in [1.29, 1.82) is 0 Å². The van der Waals surface area contributed by atoms with Crippen molar-refractivity contribution in [1.82, 2.24) is 5.32 Å². The average Bonchev–Trinajstić information content (AvgIpc) is 2.86. The molecule has 0 heterocycles. The summed E-state index contributed by atoms with van der Waals surface area (Å²) in [5.41, 5.74) is 0.999. The molecule has 4 nitrogen and oxygen atoms in total. The first-order valence-electron chi connectivity index (χ1n) is 12.0. The van der Waals surface area contributed by atoms with Crippen LogP contribution in [0.25, 0.3) is 0 Å². The van der Waals surface area contributed by atoms with Gasteiger partial charge >= 0.3 is 5.97 Å². The number of halogens is 3. The number of nitrogens with one attached hydrogen (secondary N) is 1. The monoisotopic (exact) mass is 497 g/mol. The minimum atomic E-state index is -1.00. The molecular formula is C29H30F3NO3. The number of carbonyl (C=O) groups excluding carboxylic acids is 2. The van der Waals surface area contributed by atoms with Gasteiger partial charge in [0.25, 0.3) is 0 Å². The van der Waals surface area contributed by atoms with Crippen molar-refractivity contribution in [2.75, 3.05) is 13.1 Å². The maximum Gasteiger partial charge on any atom is 0.311 e. The van der Waals surface area contributed by atoms with E-state index in [-0.39, 0.29) is 30.4 Å². The highest BCUT2D eigenvalue weighted by atomic mass is 19.1. The van der Waals surface area contributed by atoms with Gasteiger partial charge in [-0.1, -0.05) is 63.1 Å². The lowest BCUT2D eigenvalue weighted by Crippen LogP contribution is -2.37. The summed E-state index contributed by atoms with van der Waals surface area (Å²) < 4.78 is 47.3. The Morgan fingerprint density at radius 2 is 1.33 bits per heavy atom. The van der Waals surface area contributed by atoms with E-state index in [1.54, 1.807) is 12.1 Å². The van der Waals surface area contributed by atoms with Crippen LogP contribution in [0.1, 0.15) is 54.3 Å². The van der Waals surface area contributed by atoms with E-state index >= 15 is 0 Å². The summed E-state index contributed by atoms with van der Waals surface area (Å²) >= 11 is 0. The molecule has 0 aliphatic carbocycles. The largest absolute Gasteiger partial charge is 0.452 e. The second kappa shape index (κ2) is 13.0. The Hall–Kier alpha value is -3.45. The van der Waals surface area contributed by atoms with Crippen LogP contribution in [0, 0.1) is 29.3 Å². The molecule has 7 heteroatoms. The van der Waals surface area contributed by atoms with E-state index in [2.05, 4.69) is 5.32 Å². The van der Waals surface area contributed by atoms with Gasteiger partial charge in [-0.3, -0.25) is 9.59 Å². The number of hydrogen-bond donors (Lipinski definition) is 1. The lowest BCUT2D eigenvalue weighted by molar-refractivity contribution is -0.154. The smallest absolute Gasteiger partial charge is 0.311 e. The Labute approximate surface area is 209 Å². The highest BCUT2D eigenvalue weighted by Gasteiger charge is 2.31. The van der Waals surface area contributed by atoms with Crippen LogP contribution in [-0.2, 0) is 9.53 Å². The van der Waals surface area contributed by atoms with Gasteiger partial charge in [0.2, 0.25) is 0 Å².